The Labute approximate surface area is 146 Å². The van der Waals surface area contributed by atoms with Crippen LogP contribution in [0.3, 0.4) is 0 Å². The summed E-state index contributed by atoms with van der Waals surface area (Å²) < 4.78 is 44.9. The second-order valence-electron chi connectivity index (χ2n) is 5.56. The van der Waals surface area contributed by atoms with Gasteiger partial charge >= 0.3 is 0 Å². The molecule has 0 heterocycles. The van der Waals surface area contributed by atoms with Gasteiger partial charge in [-0.1, -0.05) is 42.5 Å². The van der Waals surface area contributed by atoms with Gasteiger partial charge in [-0.3, -0.25) is 0 Å². The molecule has 3 aromatic carbocycles. The first-order valence-electron chi connectivity index (χ1n) is 7.71. The third-order valence-electron chi connectivity index (χ3n) is 3.97. The van der Waals surface area contributed by atoms with E-state index in [0.717, 1.165) is 0 Å². The minimum Gasteiger partial charge on any atom is -0.497 e. The highest BCUT2D eigenvalue weighted by Crippen LogP contribution is 2.35. The third-order valence-corrected chi connectivity index (χ3v) is 6.07. The Morgan fingerprint density at radius 3 is 1.84 bits per heavy atom. The van der Waals surface area contributed by atoms with E-state index in [4.69, 9.17) is 4.74 Å². The van der Waals surface area contributed by atoms with Crippen LogP contribution in [-0.2, 0) is 9.84 Å². The molecule has 0 saturated carbocycles. The lowest BCUT2D eigenvalue weighted by atomic mass is 10.0. The first kappa shape index (κ1) is 17.2. The van der Waals surface area contributed by atoms with Crippen molar-refractivity contribution in [2.45, 2.75) is 10.1 Å². The van der Waals surface area contributed by atoms with Crippen LogP contribution in [0.1, 0.15) is 16.4 Å². The Balaban J connectivity index is 2.16. The molecule has 0 aromatic heterocycles. The van der Waals surface area contributed by atoms with Gasteiger partial charge < -0.3 is 4.74 Å². The van der Waals surface area contributed by atoms with Crippen LogP contribution in [0.5, 0.6) is 5.75 Å². The lowest BCUT2D eigenvalue weighted by Crippen LogP contribution is -2.15. The number of hydrogen-bond donors (Lipinski definition) is 0. The fourth-order valence-electron chi connectivity index (χ4n) is 2.71. The van der Waals surface area contributed by atoms with E-state index in [1.54, 1.807) is 61.7 Å². The third kappa shape index (κ3) is 3.56. The summed E-state index contributed by atoms with van der Waals surface area (Å²) in [7, 11) is -2.15. The van der Waals surface area contributed by atoms with Gasteiger partial charge in [0.25, 0.3) is 0 Å². The van der Waals surface area contributed by atoms with Gasteiger partial charge in [0.05, 0.1) is 12.0 Å². The summed E-state index contributed by atoms with van der Waals surface area (Å²) >= 11 is 0. The molecule has 128 valence electrons. The molecule has 1 unspecified atom stereocenters. The standard InChI is InChI=1S/C20H17FO3S/c1-24-18-13-9-16(10-14-18)20(15-7-11-17(21)12-8-15)25(22,23)19-5-3-2-4-6-19/h2-14,20H,1H3. The van der Waals surface area contributed by atoms with Gasteiger partial charge in [-0.2, -0.15) is 0 Å². The second-order valence-corrected chi connectivity index (χ2v) is 7.60. The fourth-order valence-corrected chi connectivity index (χ4v) is 4.55. The molecule has 0 saturated heterocycles. The lowest BCUT2D eigenvalue weighted by Gasteiger charge is -2.19. The Morgan fingerprint density at radius 1 is 0.800 bits per heavy atom. The van der Waals surface area contributed by atoms with Crippen molar-refractivity contribution in [1.82, 2.24) is 0 Å². The molecule has 0 spiro atoms. The zero-order chi connectivity index (χ0) is 17.9. The molecule has 25 heavy (non-hydrogen) atoms. The molecule has 0 N–H and O–H groups in total. The van der Waals surface area contributed by atoms with Gasteiger partial charge in [-0.05, 0) is 47.5 Å². The second kappa shape index (κ2) is 7.07. The van der Waals surface area contributed by atoms with Crippen LogP contribution in [-0.4, -0.2) is 15.5 Å². The van der Waals surface area contributed by atoms with Crippen LogP contribution in [0, 0.1) is 5.82 Å². The first-order chi connectivity index (χ1) is 12.0. The molecule has 3 rings (SSSR count). The van der Waals surface area contributed by atoms with E-state index in [1.807, 2.05) is 0 Å². The topological polar surface area (TPSA) is 43.4 Å². The summed E-state index contributed by atoms with van der Waals surface area (Å²) in [4.78, 5) is 0.222. The van der Waals surface area contributed by atoms with Crippen molar-refractivity contribution in [2.75, 3.05) is 7.11 Å². The van der Waals surface area contributed by atoms with Gasteiger partial charge in [0.1, 0.15) is 16.8 Å². The maximum Gasteiger partial charge on any atom is 0.189 e. The highest BCUT2D eigenvalue weighted by molar-refractivity contribution is 7.91. The molecule has 0 aliphatic rings. The molecule has 3 aromatic rings. The van der Waals surface area contributed by atoms with Gasteiger partial charge in [-0.25, -0.2) is 12.8 Å². The molecule has 0 fully saturated rings. The Kier molecular flexibility index (Phi) is 4.86. The number of methoxy groups -OCH3 is 1. The van der Waals surface area contributed by atoms with Crippen molar-refractivity contribution in [2.24, 2.45) is 0 Å². The summed E-state index contributed by atoms with van der Waals surface area (Å²) in [6.45, 7) is 0. The fraction of sp³-hybridized carbons (Fsp3) is 0.100. The van der Waals surface area contributed by atoms with Gasteiger partial charge in [0.2, 0.25) is 0 Å². The molecule has 5 heteroatoms. The smallest absolute Gasteiger partial charge is 0.189 e. The summed E-state index contributed by atoms with van der Waals surface area (Å²) in [6.07, 6.45) is 0. The monoisotopic (exact) mass is 356 g/mol. The molecule has 0 bridgehead atoms. The molecule has 0 radical (unpaired) electrons. The minimum atomic E-state index is -3.70. The SMILES string of the molecule is COc1ccc(C(c2ccc(F)cc2)S(=O)(=O)c2ccccc2)cc1. The van der Waals surface area contributed by atoms with Crippen LogP contribution < -0.4 is 4.74 Å². The van der Waals surface area contributed by atoms with Crippen LogP contribution in [0.4, 0.5) is 4.39 Å². The number of benzene rings is 3. The summed E-state index contributed by atoms with van der Waals surface area (Å²) in [5.74, 6) is 0.230. The van der Waals surface area contributed by atoms with Crippen molar-refractivity contribution in [1.29, 1.82) is 0 Å². The van der Waals surface area contributed by atoms with Crippen molar-refractivity contribution in [3.05, 3.63) is 95.8 Å². The Hall–Kier alpha value is -2.66. The largest absolute Gasteiger partial charge is 0.497 e. The zero-order valence-electron chi connectivity index (χ0n) is 13.6. The maximum absolute atomic E-state index is 13.3. The van der Waals surface area contributed by atoms with Crippen LogP contribution in [0.2, 0.25) is 0 Å². The number of rotatable bonds is 5. The quantitative estimate of drug-likeness (QED) is 0.681. The molecule has 1 atom stereocenters. The number of ether oxygens (including phenoxy) is 1. The Morgan fingerprint density at radius 2 is 1.32 bits per heavy atom. The number of halogens is 1. The van der Waals surface area contributed by atoms with Crippen LogP contribution in [0.25, 0.3) is 0 Å². The van der Waals surface area contributed by atoms with Gasteiger partial charge in [0.15, 0.2) is 9.84 Å². The van der Waals surface area contributed by atoms with E-state index in [0.29, 0.717) is 16.9 Å². The highest BCUT2D eigenvalue weighted by Gasteiger charge is 2.30. The molecular weight excluding hydrogens is 339 g/mol. The van der Waals surface area contributed by atoms with Gasteiger partial charge in [0, 0.05) is 0 Å². The summed E-state index contributed by atoms with van der Waals surface area (Å²) in [5.41, 5.74) is 1.10. The average molecular weight is 356 g/mol. The van der Waals surface area contributed by atoms with Crippen molar-refractivity contribution in [3.8, 4) is 5.75 Å². The maximum atomic E-state index is 13.3. The lowest BCUT2D eigenvalue weighted by molar-refractivity contribution is 0.414. The summed E-state index contributed by atoms with van der Waals surface area (Å²) in [5, 5.41) is -0.929. The van der Waals surface area contributed by atoms with Crippen LogP contribution in [0.15, 0.2) is 83.8 Å². The zero-order valence-corrected chi connectivity index (χ0v) is 14.4. The number of hydrogen-bond acceptors (Lipinski definition) is 3. The number of sulfone groups is 1. The molecule has 0 amide bonds. The van der Waals surface area contributed by atoms with Crippen LogP contribution >= 0.6 is 0 Å². The van der Waals surface area contributed by atoms with Gasteiger partial charge in [-0.15, -0.1) is 0 Å². The van der Waals surface area contributed by atoms with E-state index in [2.05, 4.69) is 0 Å². The average Bonchev–Trinajstić information content (AvgIpc) is 2.65. The normalized spacial score (nSPS) is 12.6. The highest BCUT2D eigenvalue weighted by atomic mass is 32.2. The first-order valence-corrected chi connectivity index (χ1v) is 9.25. The van der Waals surface area contributed by atoms with E-state index >= 15 is 0 Å². The molecule has 0 aliphatic carbocycles. The molecule has 0 aliphatic heterocycles. The van der Waals surface area contributed by atoms with E-state index < -0.39 is 20.9 Å². The summed E-state index contributed by atoms with van der Waals surface area (Å²) in [6, 6.07) is 20.7. The van der Waals surface area contributed by atoms with E-state index in [1.165, 1.54) is 24.3 Å². The van der Waals surface area contributed by atoms with E-state index in [9.17, 15) is 12.8 Å². The predicted molar refractivity (Wildman–Crippen MR) is 94.9 cm³/mol. The minimum absolute atomic E-state index is 0.222. The van der Waals surface area contributed by atoms with Crippen molar-refractivity contribution >= 4 is 9.84 Å². The molecule has 3 nitrogen and oxygen atoms in total. The molecular formula is C20H17FO3S. The Bertz CT molecular complexity index is 934. The van der Waals surface area contributed by atoms with Crippen molar-refractivity contribution in [3.63, 3.8) is 0 Å². The van der Waals surface area contributed by atoms with Crippen molar-refractivity contribution < 1.29 is 17.5 Å². The predicted octanol–water partition coefficient (Wildman–Crippen LogP) is 4.40. The van der Waals surface area contributed by atoms with E-state index in [-0.39, 0.29) is 4.90 Å².